The van der Waals surface area contributed by atoms with Crippen LogP contribution in [0, 0.1) is 11.3 Å². The number of hydrogen-bond donors (Lipinski definition) is 0. The molecule has 0 spiro atoms. The summed E-state index contributed by atoms with van der Waals surface area (Å²) in [5.74, 6) is 0.379. The molecule has 0 saturated carbocycles. The first-order valence-corrected chi connectivity index (χ1v) is 6.34. The number of aromatic nitrogens is 4. The van der Waals surface area contributed by atoms with E-state index in [1.165, 1.54) is 0 Å². The van der Waals surface area contributed by atoms with Crippen molar-refractivity contribution in [3.05, 3.63) is 46.0 Å². The highest BCUT2D eigenvalue weighted by Gasteiger charge is 1.92. The summed E-state index contributed by atoms with van der Waals surface area (Å²) in [5, 5.41) is 23.5. The van der Waals surface area contributed by atoms with Gasteiger partial charge in [0.15, 0.2) is 10.3 Å². The van der Waals surface area contributed by atoms with Crippen LogP contribution in [0.3, 0.4) is 0 Å². The second-order valence-electron chi connectivity index (χ2n) is 3.16. The summed E-state index contributed by atoms with van der Waals surface area (Å²) in [6, 6.07) is 8.65. The molecule has 0 saturated heterocycles. The summed E-state index contributed by atoms with van der Waals surface area (Å²) in [5.41, 5.74) is 1.38. The Bertz CT molecular complexity index is 536. The van der Waals surface area contributed by atoms with Gasteiger partial charge in [-0.15, -0.1) is 21.8 Å². The van der Waals surface area contributed by atoms with Crippen LogP contribution in [0.2, 0.25) is 10.3 Å². The van der Waals surface area contributed by atoms with Gasteiger partial charge >= 0.3 is 0 Å². The van der Waals surface area contributed by atoms with Gasteiger partial charge in [-0.2, -0.15) is 15.5 Å². The van der Waals surface area contributed by atoms with E-state index in [1.807, 2.05) is 6.07 Å². The van der Waals surface area contributed by atoms with Gasteiger partial charge in [0.25, 0.3) is 0 Å². The molecular formula is C11H8Cl3N5. The first kappa shape index (κ1) is 15.6. The fraction of sp³-hybridized carbons (Fsp3) is 0.182. The third-order valence-electron chi connectivity index (χ3n) is 1.77. The zero-order valence-electron chi connectivity index (χ0n) is 9.59. The van der Waals surface area contributed by atoms with Gasteiger partial charge in [-0.05, 0) is 24.3 Å². The molecule has 0 fully saturated rings. The molecule has 0 radical (unpaired) electrons. The maximum Gasteiger partial charge on any atom is 0.151 e. The second kappa shape index (κ2) is 8.59. The zero-order valence-corrected chi connectivity index (χ0v) is 11.9. The molecule has 2 rings (SSSR count). The molecule has 0 bridgehead atoms. The summed E-state index contributed by atoms with van der Waals surface area (Å²) in [6.07, 6.45) is 0.282. The van der Waals surface area contributed by atoms with E-state index in [1.54, 1.807) is 24.3 Å². The molecule has 2 heterocycles. The van der Waals surface area contributed by atoms with Crippen LogP contribution >= 0.6 is 34.8 Å². The van der Waals surface area contributed by atoms with E-state index in [2.05, 4.69) is 20.4 Å². The first-order chi connectivity index (χ1) is 9.15. The maximum atomic E-state index is 8.24. The van der Waals surface area contributed by atoms with Gasteiger partial charge in [-0.25, -0.2) is 0 Å². The van der Waals surface area contributed by atoms with E-state index < -0.39 is 0 Å². The molecule has 2 aromatic heterocycles. The van der Waals surface area contributed by atoms with Gasteiger partial charge in [0.2, 0.25) is 0 Å². The Labute approximate surface area is 125 Å². The van der Waals surface area contributed by atoms with Gasteiger partial charge in [-0.1, -0.05) is 23.2 Å². The monoisotopic (exact) mass is 315 g/mol. The van der Waals surface area contributed by atoms with E-state index >= 15 is 0 Å². The van der Waals surface area contributed by atoms with Gasteiger partial charge < -0.3 is 0 Å². The quantitative estimate of drug-likeness (QED) is 0.796. The Morgan fingerprint density at radius 3 is 1.79 bits per heavy atom. The van der Waals surface area contributed by atoms with E-state index in [9.17, 15) is 0 Å². The molecule has 0 atom stereocenters. The topological polar surface area (TPSA) is 75.3 Å². The van der Waals surface area contributed by atoms with Crippen LogP contribution in [0.4, 0.5) is 0 Å². The lowest BCUT2D eigenvalue weighted by Crippen LogP contribution is -1.89. The second-order valence-corrected chi connectivity index (χ2v) is 4.21. The summed E-state index contributed by atoms with van der Waals surface area (Å²) < 4.78 is 0. The van der Waals surface area contributed by atoms with Crippen molar-refractivity contribution in [1.82, 2.24) is 20.4 Å². The first-order valence-electron chi connectivity index (χ1n) is 5.05. The maximum absolute atomic E-state index is 8.24. The summed E-state index contributed by atoms with van der Waals surface area (Å²) >= 11 is 16.3. The van der Waals surface area contributed by atoms with Crippen LogP contribution < -0.4 is 0 Å². The number of nitriles is 1. The van der Waals surface area contributed by atoms with E-state index in [-0.39, 0.29) is 6.42 Å². The van der Waals surface area contributed by atoms with E-state index in [0.717, 1.165) is 5.69 Å². The lowest BCUT2D eigenvalue weighted by molar-refractivity contribution is 0.952. The summed E-state index contributed by atoms with van der Waals surface area (Å²) in [4.78, 5) is 0. The molecule has 98 valence electrons. The SMILES string of the molecule is ClCc1ccc(Cl)nn1.N#CCc1ccc(Cl)nn1. The molecule has 0 unspecified atom stereocenters. The highest BCUT2D eigenvalue weighted by atomic mass is 35.5. The number of alkyl halides is 1. The summed E-state index contributed by atoms with van der Waals surface area (Å²) in [7, 11) is 0. The molecular weight excluding hydrogens is 309 g/mol. The van der Waals surface area contributed by atoms with Crippen molar-refractivity contribution in [3.63, 3.8) is 0 Å². The van der Waals surface area contributed by atoms with Crippen LogP contribution in [0.25, 0.3) is 0 Å². The molecule has 0 amide bonds. The normalized spacial score (nSPS) is 9.16. The Kier molecular flexibility index (Phi) is 7.04. The number of halogens is 3. The molecule has 0 N–H and O–H groups in total. The number of hydrogen-bond acceptors (Lipinski definition) is 5. The Hall–Kier alpha value is -1.48. The summed E-state index contributed by atoms with van der Waals surface area (Å²) in [6.45, 7) is 0. The number of rotatable bonds is 2. The Morgan fingerprint density at radius 1 is 0.895 bits per heavy atom. The third kappa shape index (κ3) is 6.30. The number of nitrogens with zero attached hydrogens (tertiary/aromatic N) is 5. The van der Waals surface area contributed by atoms with Gasteiger partial charge in [0.1, 0.15) is 0 Å². The minimum Gasteiger partial charge on any atom is -0.198 e. The van der Waals surface area contributed by atoms with Crippen LogP contribution in [-0.2, 0) is 12.3 Å². The fourth-order valence-electron chi connectivity index (χ4n) is 0.934. The molecule has 0 aliphatic carbocycles. The largest absolute Gasteiger partial charge is 0.198 e. The molecule has 0 aromatic carbocycles. The van der Waals surface area contributed by atoms with Crippen LogP contribution in [0.15, 0.2) is 24.3 Å². The minimum absolute atomic E-state index is 0.282. The van der Waals surface area contributed by atoms with Crippen molar-refractivity contribution in [1.29, 1.82) is 5.26 Å². The van der Waals surface area contributed by atoms with Crippen molar-refractivity contribution < 1.29 is 0 Å². The van der Waals surface area contributed by atoms with Gasteiger partial charge in [0, 0.05) is 0 Å². The van der Waals surface area contributed by atoms with Crippen molar-refractivity contribution >= 4 is 34.8 Å². The molecule has 5 nitrogen and oxygen atoms in total. The molecule has 8 heteroatoms. The predicted octanol–water partition coefficient (Wildman–Crippen LogP) is 3.06. The molecule has 0 aliphatic rings. The van der Waals surface area contributed by atoms with Crippen molar-refractivity contribution in [3.8, 4) is 6.07 Å². The highest BCUT2D eigenvalue weighted by Crippen LogP contribution is 2.03. The lowest BCUT2D eigenvalue weighted by Gasteiger charge is -1.89. The van der Waals surface area contributed by atoms with Crippen molar-refractivity contribution in [2.75, 3.05) is 0 Å². The molecule has 2 aromatic rings. The fourth-order valence-corrected chi connectivity index (χ4v) is 1.28. The minimum atomic E-state index is 0.282. The van der Waals surface area contributed by atoms with Crippen LogP contribution in [0.1, 0.15) is 11.4 Å². The van der Waals surface area contributed by atoms with E-state index in [4.69, 9.17) is 40.1 Å². The Morgan fingerprint density at radius 2 is 1.42 bits per heavy atom. The molecule has 19 heavy (non-hydrogen) atoms. The average Bonchev–Trinajstić information content (AvgIpc) is 2.43. The highest BCUT2D eigenvalue weighted by molar-refractivity contribution is 6.29. The van der Waals surface area contributed by atoms with E-state index in [0.29, 0.717) is 21.9 Å². The third-order valence-corrected chi connectivity index (χ3v) is 2.45. The van der Waals surface area contributed by atoms with Crippen molar-refractivity contribution in [2.24, 2.45) is 0 Å². The molecule has 0 aliphatic heterocycles. The van der Waals surface area contributed by atoms with Crippen LogP contribution in [0.5, 0.6) is 0 Å². The standard InChI is InChI=1S/C6H4ClN3.C5H4Cl2N2/c7-6-2-1-5(3-4-8)9-10-6;6-3-4-1-2-5(7)9-8-4/h1-2H,3H2;1-2H,3H2. The lowest BCUT2D eigenvalue weighted by atomic mass is 10.3. The Balaban J connectivity index is 0.000000191. The smallest absolute Gasteiger partial charge is 0.151 e. The van der Waals surface area contributed by atoms with Crippen molar-refractivity contribution in [2.45, 2.75) is 12.3 Å². The average molecular weight is 317 g/mol. The van der Waals surface area contributed by atoms with Gasteiger partial charge in [-0.3, -0.25) is 0 Å². The zero-order chi connectivity index (χ0) is 14.1. The van der Waals surface area contributed by atoms with Crippen LogP contribution in [-0.4, -0.2) is 20.4 Å². The predicted molar refractivity (Wildman–Crippen MR) is 73.0 cm³/mol. The van der Waals surface area contributed by atoms with Gasteiger partial charge in [0.05, 0.1) is 29.8 Å².